The van der Waals surface area contributed by atoms with Gasteiger partial charge in [0, 0.05) is 53.8 Å². The molecule has 0 saturated heterocycles. The van der Waals surface area contributed by atoms with E-state index < -0.39 is 0 Å². The smallest absolute Gasteiger partial charge is 0.251 e. The number of allylic oxidation sites excluding steroid dienone is 1. The van der Waals surface area contributed by atoms with Crippen molar-refractivity contribution in [3.63, 3.8) is 0 Å². The predicted molar refractivity (Wildman–Crippen MR) is 126 cm³/mol. The van der Waals surface area contributed by atoms with E-state index in [1.165, 1.54) is 0 Å². The minimum Gasteiger partial charge on any atom is -0.497 e. The van der Waals surface area contributed by atoms with Crippen LogP contribution in [0.5, 0.6) is 5.75 Å². The third-order valence-corrected chi connectivity index (χ3v) is 5.35. The first-order valence-electron chi connectivity index (χ1n) is 11.0. The molecule has 0 saturated carbocycles. The lowest BCUT2D eigenvalue weighted by atomic mass is 9.85. The van der Waals surface area contributed by atoms with Gasteiger partial charge in [-0.1, -0.05) is 18.2 Å². The van der Waals surface area contributed by atoms with Crippen LogP contribution in [0.3, 0.4) is 0 Å². The largest absolute Gasteiger partial charge is 0.497 e. The van der Waals surface area contributed by atoms with Crippen molar-refractivity contribution in [3.8, 4) is 5.75 Å². The number of nitrogens with one attached hydrogen (secondary N) is 2. The van der Waals surface area contributed by atoms with Gasteiger partial charge in [0.1, 0.15) is 5.75 Å². The maximum atomic E-state index is 13.1. The van der Waals surface area contributed by atoms with Crippen LogP contribution in [-0.2, 0) is 11.2 Å². The summed E-state index contributed by atoms with van der Waals surface area (Å²) >= 11 is 0. The van der Waals surface area contributed by atoms with Crippen LogP contribution in [-0.4, -0.2) is 44.1 Å². The Hall–Kier alpha value is -3.12. The van der Waals surface area contributed by atoms with E-state index in [2.05, 4.69) is 24.5 Å². The molecule has 0 bridgehead atoms. The molecule has 6 heteroatoms. The zero-order valence-corrected chi connectivity index (χ0v) is 19.3. The zero-order chi connectivity index (χ0) is 23.1. The van der Waals surface area contributed by atoms with Gasteiger partial charge in [0.05, 0.1) is 7.11 Å². The second-order valence-electron chi connectivity index (χ2n) is 8.52. The van der Waals surface area contributed by atoms with Crippen LogP contribution < -0.4 is 15.4 Å². The third kappa shape index (κ3) is 5.98. The SMILES string of the molecule is CCOCCCNC(=O)c1cccc(C(=O)C=C2NC(C)(C)Cc3ccc(OC)cc32)c1. The van der Waals surface area contributed by atoms with Gasteiger partial charge < -0.3 is 20.1 Å². The van der Waals surface area contributed by atoms with E-state index in [0.29, 0.717) is 30.9 Å². The van der Waals surface area contributed by atoms with E-state index in [-0.39, 0.29) is 17.2 Å². The average Bonchev–Trinajstić information content (AvgIpc) is 2.78. The van der Waals surface area contributed by atoms with Crippen molar-refractivity contribution in [2.24, 2.45) is 0 Å². The van der Waals surface area contributed by atoms with Crippen molar-refractivity contribution in [2.45, 2.75) is 39.2 Å². The molecule has 1 amide bonds. The highest BCUT2D eigenvalue weighted by Gasteiger charge is 2.28. The lowest BCUT2D eigenvalue weighted by molar-refractivity contribution is 0.0944. The molecule has 1 aliphatic rings. The van der Waals surface area contributed by atoms with Gasteiger partial charge in [-0.25, -0.2) is 0 Å². The van der Waals surface area contributed by atoms with Crippen LogP contribution in [0.1, 0.15) is 59.0 Å². The number of carbonyl (C=O) groups is 2. The van der Waals surface area contributed by atoms with Crippen LogP contribution in [0.2, 0.25) is 0 Å². The third-order valence-electron chi connectivity index (χ3n) is 5.35. The molecule has 0 atom stereocenters. The number of benzene rings is 2. The van der Waals surface area contributed by atoms with Crippen molar-refractivity contribution in [3.05, 3.63) is 70.8 Å². The highest BCUT2D eigenvalue weighted by atomic mass is 16.5. The first kappa shape index (κ1) is 23.5. The van der Waals surface area contributed by atoms with Crippen LogP contribution in [0.25, 0.3) is 5.70 Å². The topological polar surface area (TPSA) is 76.7 Å². The summed E-state index contributed by atoms with van der Waals surface area (Å²) in [5.41, 5.74) is 3.62. The fraction of sp³-hybridized carbons (Fsp3) is 0.385. The van der Waals surface area contributed by atoms with Gasteiger partial charge in [0.2, 0.25) is 0 Å². The van der Waals surface area contributed by atoms with Gasteiger partial charge in [-0.15, -0.1) is 0 Å². The Morgan fingerprint density at radius 2 is 1.94 bits per heavy atom. The van der Waals surface area contributed by atoms with Crippen molar-refractivity contribution >= 4 is 17.4 Å². The summed E-state index contributed by atoms with van der Waals surface area (Å²) in [5.74, 6) is 0.382. The molecule has 32 heavy (non-hydrogen) atoms. The van der Waals surface area contributed by atoms with E-state index in [0.717, 1.165) is 35.4 Å². The first-order valence-corrected chi connectivity index (χ1v) is 11.0. The molecule has 0 aromatic heterocycles. The summed E-state index contributed by atoms with van der Waals surface area (Å²) in [6.45, 7) is 7.95. The summed E-state index contributed by atoms with van der Waals surface area (Å²) in [4.78, 5) is 25.6. The summed E-state index contributed by atoms with van der Waals surface area (Å²) in [6, 6.07) is 12.7. The molecule has 1 heterocycles. The second kappa shape index (κ2) is 10.5. The predicted octanol–water partition coefficient (Wildman–Crippen LogP) is 4.00. The Morgan fingerprint density at radius 3 is 2.69 bits per heavy atom. The van der Waals surface area contributed by atoms with Gasteiger partial charge in [0.15, 0.2) is 5.78 Å². The number of rotatable bonds is 9. The number of ether oxygens (including phenoxy) is 2. The molecule has 0 fully saturated rings. The minimum atomic E-state index is -0.198. The van der Waals surface area contributed by atoms with Crippen molar-refractivity contribution in [1.29, 1.82) is 0 Å². The lowest BCUT2D eigenvalue weighted by Crippen LogP contribution is -2.43. The Bertz CT molecular complexity index is 1010. The molecule has 0 unspecified atom stereocenters. The van der Waals surface area contributed by atoms with Crippen LogP contribution in [0, 0.1) is 0 Å². The molecular formula is C26H32N2O4. The number of fused-ring (bicyclic) bond motifs is 1. The van der Waals surface area contributed by atoms with Gasteiger partial charge in [-0.2, -0.15) is 0 Å². The standard InChI is InChI=1S/C26H32N2O4/c1-5-32-13-7-12-27-25(30)19-9-6-8-18(14-19)24(29)16-23-22-15-21(31-4)11-10-20(22)17-26(2,3)28-23/h6,8-11,14-16,28H,5,7,12-13,17H2,1-4H3,(H,27,30). The maximum Gasteiger partial charge on any atom is 0.251 e. The second-order valence-corrected chi connectivity index (χ2v) is 8.52. The molecule has 0 spiro atoms. The fourth-order valence-corrected chi connectivity index (χ4v) is 3.80. The molecule has 3 rings (SSSR count). The normalized spacial score (nSPS) is 15.6. The maximum absolute atomic E-state index is 13.1. The number of ketones is 1. The van der Waals surface area contributed by atoms with E-state index >= 15 is 0 Å². The number of hydrogen-bond donors (Lipinski definition) is 2. The van der Waals surface area contributed by atoms with Crippen LogP contribution >= 0.6 is 0 Å². The minimum absolute atomic E-state index is 0.162. The van der Waals surface area contributed by atoms with Gasteiger partial charge >= 0.3 is 0 Å². The molecule has 6 nitrogen and oxygen atoms in total. The highest BCUT2D eigenvalue weighted by molar-refractivity contribution is 6.10. The van der Waals surface area contributed by atoms with Crippen molar-refractivity contribution in [1.82, 2.24) is 10.6 Å². The Kier molecular flexibility index (Phi) is 7.70. The molecule has 1 aliphatic heterocycles. The highest BCUT2D eigenvalue weighted by Crippen LogP contribution is 2.32. The summed E-state index contributed by atoms with van der Waals surface area (Å²) in [7, 11) is 1.63. The number of amides is 1. The van der Waals surface area contributed by atoms with Gasteiger partial charge in [-0.05, 0) is 63.4 Å². The number of carbonyl (C=O) groups excluding carboxylic acids is 2. The Labute approximate surface area is 190 Å². The van der Waals surface area contributed by atoms with Gasteiger partial charge in [-0.3, -0.25) is 9.59 Å². The van der Waals surface area contributed by atoms with Crippen molar-refractivity contribution < 1.29 is 19.1 Å². The van der Waals surface area contributed by atoms with Crippen LogP contribution in [0.4, 0.5) is 0 Å². The number of methoxy groups -OCH3 is 1. The molecule has 170 valence electrons. The lowest BCUT2D eigenvalue weighted by Gasteiger charge is -2.35. The fourth-order valence-electron chi connectivity index (χ4n) is 3.80. The summed E-state index contributed by atoms with van der Waals surface area (Å²) in [6.07, 6.45) is 3.20. The summed E-state index contributed by atoms with van der Waals surface area (Å²) < 4.78 is 10.7. The van der Waals surface area contributed by atoms with Crippen molar-refractivity contribution in [2.75, 3.05) is 26.9 Å². The number of hydrogen-bond acceptors (Lipinski definition) is 5. The molecule has 2 aromatic carbocycles. The molecule has 0 aliphatic carbocycles. The Morgan fingerprint density at radius 1 is 1.16 bits per heavy atom. The van der Waals surface area contributed by atoms with E-state index in [1.807, 2.05) is 25.1 Å². The first-order chi connectivity index (χ1) is 15.3. The average molecular weight is 437 g/mol. The van der Waals surface area contributed by atoms with Crippen LogP contribution in [0.15, 0.2) is 48.5 Å². The van der Waals surface area contributed by atoms with Gasteiger partial charge in [0.25, 0.3) is 5.91 Å². The summed E-state index contributed by atoms with van der Waals surface area (Å²) in [5, 5.41) is 6.35. The molecule has 2 aromatic rings. The van der Waals surface area contributed by atoms with E-state index in [1.54, 1.807) is 37.5 Å². The Balaban J connectivity index is 1.79. The quantitative estimate of drug-likeness (QED) is 0.353. The van der Waals surface area contributed by atoms with E-state index in [9.17, 15) is 9.59 Å². The van der Waals surface area contributed by atoms with E-state index in [4.69, 9.17) is 9.47 Å². The zero-order valence-electron chi connectivity index (χ0n) is 19.3. The molecule has 2 N–H and O–H groups in total. The molecular weight excluding hydrogens is 404 g/mol. The monoisotopic (exact) mass is 436 g/mol. The molecule has 0 radical (unpaired) electrons.